The minimum atomic E-state index is 0.551. The molecule has 0 bridgehead atoms. The highest BCUT2D eigenvalue weighted by molar-refractivity contribution is 9.09. The molecule has 1 aliphatic carbocycles. The zero-order chi connectivity index (χ0) is 7.84. The van der Waals surface area contributed by atoms with Gasteiger partial charge in [-0.2, -0.15) is 0 Å². The van der Waals surface area contributed by atoms with E-state index in [9.17, 15) is 0 Å². The second-order valence-corrected chi connectivity index (χ2v) is 5.66. The second kappa shape index (κ2) is 3.08. The molecule has 1 aromatic heterocycles. The maximum absolute atomic E-state index is 5.91. The van der Waals surface area contributed by atoms with Gasteiger partial charge in [0.1, 0.15) is 0 Å². The predicted octanol–water partition coefficient (Wildman–Crippen LogP) is 4.17. The quantitative estimate of drug-likeness (QED) is 0.607. The Morgan fingerprint density at radius 2 is 2.45 bits per heavy atom. The van der Waals surface area contributed by atoms with E-state index in [1.807, 2.05) is 0 Å². The van der Waals surface area contributed by atoms with E-state index in [1.165, 1.54) is 29.7 Å². The van der Waals surface area contributed by atoms with Crippen LogP contribution in [0, 0.1) is 0 Å². The fraction of sp³-hybridized carbons (Fsp3) is 0.500. The summed E-state index contributed by atoms with van der Waals surface area (Å²) in [6.45, 7) is 0. The zero-order valence-electron chi connectivity index (χ0n) is 5.94. The summed E-state index contributed by atoms with van der Waals surface area (Å²) >= 11 is 11.3. The summed E-state index contributed by atoms with van der Waals surface area (Å²) in [5.41, 5.74) is 1.42. The van der Waals surface area contributed by atoms with Gasteiger partial charge in [0.2, 0.25) is 0 Å². The Labute approximate surface area is 83.7 Å². The molecular weight excluding hydrogens is 244 g/mol. The van der Waals surface area contributed by atoms with E-state index >= 15 is 0 Å². The molecule has 0 N–H and O–H groups in total. The van der Waals surface area contributed by atoms with Crippen LogP contribution in [-0.2, 0) is 6.42 Å². The molecule has 11 heavy (non-hydrogen) atoms. The average Bonchev–Trinajstić information content (AvgIpc) is 2.31. The third-order valence-corrected chi connectivity index (χ3v) is 4.30. The van der Waals surface area contributed by atoms with E-state index in [0.717, 1.165) is 4.34 Å². The standard InChI is InChI=1S/C8H8BrClS/c9-6-2-1-3-7-5(6)4-8(10)11-7/h4,6H,1-3H2. The molecule has 0 spiro atoms. The minimum absolute atomic E-state index is 0.551. The van der Waals surface area contributed by atoms with Gasteiger partial charge in [-0.1, -0.05) is 27.5 Å². The average molecular weight is 252 g/mol. The number of rotatable bonds is 0. The largest absolute Gasteiger partial charge is 0.128 e. The fourth-order valence-electron chi connectivity index (χ4n) is 1.47. The van der Waals surface area contributed by atoms with Gasteiger partial charge in [0.05, 0.1) is 4.34 Å². The summed E-state index contributed by atoms with van der Waals surface area (Å²) in [5, 5.41) is 0. The zero-order valence-corrected chi connectivity index (χ0v) is 9.10. The monoisotopic (exact) mass is 250 g/mol. The van der Waals surface area contributed by atoms with Crippen molar-refractivity contribution < 1.29 is 0 Å². The lowest BCUT2D eigenvalue weighted by molar-refractivity contribution is 0.692. The first kappa shape index (κ1) is 8.09. The second-order valence-electron chi connectivity index (χ2n) is 2.79. The summed E-state index contributed by atoms with van der Waals surface area (Å²) in [6.07, 6.45) is 3.76. The molecule has 0 aliphatic heterocycles. The third kappa shape index (κ3) is 1.49. The molecule has 1 heterocycles. The van der Waals surface area contributed by atoms with Gasteiger partial charge in [-0.25, -0.2) is 0 Å². The number of thiophene rings is 1. The molecule has 60 valence electrons. The van der Waals surface area contributed by atoms with Crippen molar-refractivity contribution >= 4 is 38.9 Å². The predicted molar refractivity (Wildman–Crippen MR) is 53.9 cm³/mol. The Kier molecular flexibility index (Phi) is 2.26. The Balaban J connectivity index is 2.43. The first-order chi connectivity index (χ1) is 5.27. The van der Waals surface area contributed by atoms with Gasteiger partial charge in [-0.3, -0.25) is 0 Å². The lowest BCUT2D eigenvalue weighted by atomic mass is 10.00. The minimum Gasteiger partial charge on any atom is -0.128 e. The normalized spacial score (nSPS) is 23.3. The van der Waals surface area contributed by atoms with Gasteiger partial charge < -0.3 is 0 Å². The fourth-order valence-corrected chi connectivity index (χ4v) is 3.73. The van der Waals surface area contributed by atoms with Crippen molar-refractivity contribution in [3.05, 3.63) is 20.8 Å². The number of hydrogen-bond acceptors (Lipinski definition) is 1. The first-order valence-corrected chi connectivity index (χ1v) is 5.80. The van der Waals surface area contributed by atoms with Crippen molar-refractivity contribution in [2.24, 2.45) is 0 Å². The van der Waals surface area contributed by atoms with Crippen LogP contribution in [0.15, 0.2) is 6.07 Å². The van der Waals surface area contributed by atoms with Gasteiger partial charge >= 0.3 is 0 Å². The van der Waals surface area contributed by atoms with Crippen LogP contribution in [-0.4, -0.2) is 0 Å². The number of fused-ring (bicyclic) bond motifs is 1. The van der Waals surface area contributed by atoms with Crippen LogP contribution in [0.5, 0.6) is 0 Å². The molecule has 0 nitrogen and oxygen atoms in total. The number of alkyl halides is 1. The van der Waals surface area contributed by atoms with E-state index in [1.54, 1.807) is 11.3 Å². The van der Waals surface area contributed by atoms with Crippen LogP contribution in [0.3, 0.4) is 0 Å². The molecule has 0 aromatic carbocycles. The van der Waals surface area contributed by atoms with Crippen LogP contribution in [0.4, 0.5) is 0 Å². The third-order valence-electron chi connectivity index (χ3n) is 2.01. The van der Waals surface area contributed by atoms with Gasteiger partial charge in [0, 0.05) is 9.70 Å². The van der Waals surface area contributed by atoms with E-state index < -0.39 is 0 Å². The van der Waals surface area contributed by atoms with Crippen molar-refractivity contribution in [2.45, 2.75) is 24.1 Å². The van der Waals surface area contributed by atoms with E-state index in [-0.39, 0.29) is 0 Å². The summed E-state index contributed by atoms with van der Waals surface area (Å²) < 4.78 is 0.932. The highest BCUT2D eigenvalue weighted by Crippen LogP contribution is 2.41. The van der Waals surface area contributed by atoms with Crippen LogP contribution >= 0.6 is 38.9 Å². The van der Waals surface area contributed by atoms with E-state index in [4.69, 9.17) is 11.6 Å². The summed E-state index contributed by atoms with van der Waals surface area (Å²) in [7, 11) is 0. The van der Waals surface area contributed by atoms with Crippen LogP contribution in [0.1, 0.15) is 28.1 Å². The van der Waals surface area contributed by atoms with Crippen LogP contribution < -0.4 is 0 Å². The number of halogens is 2. The molecular formula is C8H8BrClS. The Hall–Kier alpha value is 0.470. The summed E-state index contributed by atoms with van der Waals surface area (Å²) in [4.78, 5) is 2.03. The lowest BCUT2D eigenvalue weighted by Gasteiger charge is -2.15. The Morgan fingerprint density at radius 3 is 3.18 bits per heavy atom. The summed E-state index contributed by atoms with van der Waals surface area (Å²) in [6, 6.07) is 2.10. The van der Waals surface area contributed by atoms with E-state index in [2.05, 4.69) is 22.0 Å². The van der Waals surface area contributed by atoms with Crippen molar-refractivity contribution in [1.82, 2.24) is 0 Å². The maximum atomic E-state index is 5.91. The van der Waals surface area contributed by atoms with Crippen molar-refractivity contribution in [3.8, 4) is 0 Å². The van der Waals surface area contributed by atoms with Gasteiger partial charge in [0.15, 0.2) is 0 Å². The molecule has 1 aliphatic rings. The van der Waals surface area contributed by atoms with Crippen molar-refractivity contribution in [2.75, 3.05) is 0 Å². The Morgan fingerprint density at radius 1 is 1.64 bits per heavy atom. The molecule has 3 heteroatoms. The SMILES string of the molecule is Clc1cc2c(s1)CCCC2Br. The highest BCUT2D eigenvalue weighted by Gasteiger charge is 2.19. The molecule has 0 fully saturated rings. The van der Waals surface area contributed by atoms with Gasteiger partial charge in [0.25, 0.3) is 0 Å². The molecule has 2 rings (SSSR count). The molecule has 1 aromatic rings. The van der Waals surface area contributed by atoms with Crippen LogP contribution in [0.25, 0.3) is 0 Å². The van der Waals surface area contributed by atoms with E-state index in [0.29, 0.717) is 4.83 Å². The maximum Gasteiger partial charge on any atom is 0.0934 e. The molecule has 0 saturated carbocycles. The molecule has 1 atom stereocenters. The highest BCUT2D eigenvalue weighted by atomic mass is 79.9. The smallest absolute Gasteiger partial charge is 0.0934 e. The molecule has 0 radical (unpaired) electrons. The van der Waals surface area contributed by atoms with Crippen molar-refractivity contribution in [3.63, 3.8) is 0 Å². The summed E-state index contributed by atoms with van der Waals surface area (Å²) in [5.74, 6) is 0. The van der Waals surface area contributed by atoms with Crippen molar-refractivity contribution in [1.29, 1.82) is 0 Å². The molecule has 1 unspecified atom stereocenters. The number of aryl methyl sites for hydroxylation is 1. The van der Waals surface area contributed by atoms with Gasteiger partial charge in [-0.05, 0) is 30.9 Å². The molecule has 0 amide bonds. The van der Waals surface area contributed by atoms with Gasteiger partial charge in [-0.15, -0.1) is 11.3 Å². The van der Waals surface area contributed by atoms with Crippen LogP contribution in [0.2, 0.25) is 4.34 Å². The number of hydrogen-bond donors (Lipinski definition) is 0. The lowest BCUT2D eigenvalue weighted by Crippen LogP contribution is -2.00. The Bertz CT molecular complexity index is 269. The molecule has 0 saturated heterocycles. The first-order valence-electron chi connectivity index (χ1n) is 3.69. The topological polar surface area (TPSA) is 0 Å².